The van der Waals surface area contributed by atoms with Crippen LogP contribution in [0.25, 0.3) is 11.8 Å². The van der Waals surface area contributed by atoms with Crippen LogP contribution in [0.1, 0.15) is 17.0 Å². The first-order valence-electron chi connectivity index (χ1n) is 8.10. The fraction of sp³-hybridized carbons (Fsp3) is 0.158. The Labute approximate surface area is 164 Å². The summed E-state index contributed by atoms with van der Waals surface area (Å²) in [5, 5.41) is 11.3. The molecule has 27 heavy (non-hydrogen) atoms. The Bertz CT molecular complexity index is 970. The molecule has 0 spiro atoms. The first-order valence-corrected chi connectivity index (χ1v) is 8.89. The van der Waals surface area contributed by atoms with Crippen LogP contribution < -0.4 is 4.74 Å². The minimum atomic E-state index is -0.545. The van der Waals surface area contributed by atoms with E-state index in [0.717, 1.165) is 15.6 Å². The molecule has 0 fully saturated rings. The van der Waals surface area contributed by atoms with Crippen LogP contribution in [0, 0.1) is 6.92 Å². The lowest BCUT2D eigenvalue weighted by atomic mass is 10.2. The minimum Gasteiger partial charge on any atom is -0.496 e. The SMILES string of the molecule is COc1ccc(Br)cc1COC(=O)/C(=C/c1ccccc1)n1nnnc1C. The molecule has 3 rings (SSSR count). The third-order valence-electron chi connectivity index (χ3n) is 3.77. The summed E-state index contributed by atoms with van der Waals surface area (Å²) in [5.41, 5.74) is 1.80. The highest BCUT2D eigenvalue weighted by molar-refractivity contribution is 9.10. The van der Waals surface area contributed by atoms with Crippen LogP contribution in [0.2, 0.25) is 0 Å². The highest BCUT2D eigenvalue weighted by Crippen LogP contribution is 2.24. The van der Waals surface area contributed by atoms with Crippen molar-refractivity contribution in [1.29, 1.82) is 0 Å². The first kappa shape index (κ1) is 18.8. The third kappa shape index (κ3) is 4.59. The van der Waals surface area contributed by atoms with E-state index in [-0.39, 0.29) is 12.3 Å². The molecular formula is C19H17BrN4O3. The van der Waals surface area contributed by atoms with E-state index >= 15 is 0 Å². The van der Waals surface area contributed by atoms with Crippen molar-refractivity contribution in [2.75, 3.05) is 7.11 Å². The van der Waals surface area contributed by atoms with E-state index in [2.05, 4.69) is 31.5 Å². The van der Waals surface area contributed by atoms with Crippen LogP contribution in [-0.2, 0) is 16.1 Å². The summed E-state index contributed by atoms with van der Waals surface area (Å²) in [5.74, 6) is 0.573. The van der Waals surface area contributed by atoms with E-state index < -0.39 is 5.97 Å². The van der Waals surface area contributed by atoms with Crippen molar-refractivity contribution in [2.45, 2.75) is 13.5 Å². The summed E-state index contributed by atoms with van der Waals surface area (Å²) in [6.07, 6.45) is 1.68. The summed E-state index contributed by atoms with van der Waals surface area (Å²) in [7, 11) is 1.57. The zero-order valence-corrected chi connectivity index (χ0v) is 16.4. The van der Waals surface area contributed by atoms with Crippen molar-refractivity contribution in [2.24, 2.45) is 0 Å². The van der Waals surface area contributed by atoms with E-state index in [4.69, 9.17) is 9.47 Å². The zero-order valence-electron chi connectivity index (χ0n) is 14.8. The van der Waals surface area contributed by atoms with Crippen molar-refractivity contribution in [1.82, 2.24) is 20.2 Å². The lowest BCUT2D eigenvalue weighted by Crippen LogP contribution is -2.15. The van der Waals surface area contributed by atoms with Crippen molar-refractivity contribution in [3.05, 3.63) is 70.0 Å². The second-order valence-corrected chi connectivity index (χ2v) is 6.53. The van der Waals surface area contributed by atoms with Crippen molar-refractivity contribution in [3.63, 3.8) is 0 Å². The van der Waals surface area contributed by atoms with E-state index in [1.807, 2.05) is 42.5 Å². The average Bonchev–Trinajstić information content (AvgIpc) is 3.10. The Morgan fingerprint density at radius 3 is 2.67 bits per heavy atom. The quantitative estimate of drug-likeness (QED) is 0.441. The zero-order chi connectivity index (χ0) is 19.2. The van der Waals surface area contributed by atoms with E-state index in [9.17, 15) is 4.79 Å². The third-order valence-corrected chi connectivity index (χ3v) is 4.26. The maximum Gasteiger partial charge on any atom is 0.357 e. The molecule has 0 atom stereocenters. The van der Waals surface area contributed by atoms with Crippen LogP contribution >= 0.6 is 15.9 Å². The Kier molecular flexibility index (Phi) is 5.97. The Morgan fingerprint density at radius 2 is 2.00 bits per heavy atom. The molecule has 0 aliphatic rings. The molecule has 0 amide bonds. The molecule has 0 saturated carbocycles. The number of carbonyl (C=O) groups excluding carboxylic acids is 1. The number of hydrogen-bond donors (Lipinski definition) is 0. The van der Waals surface area contributed by atoms with Gasteiger partial charge in [-0.2, -0.15) is 4.68 Å². The number of benzene rings is 2. The molecule has 0 N–H and O–H groups in total. The van der Waals surface area contributed by atoms with Gasteiger partial charge in [-0.15, -0.1) is 5.10 Å². The molecule has 7 nitrogen and oxygen atoms in total. The summed E-state index contributed by atoms with van der Waals surface area (Å²) >= 11 is 3.41. The van der Waals surface area contributed by atoms with E-state index in [1.54, 1.807) is 26.2 Å². The number of hydrogen-bond acceptors (Lipinski definition) is 6. The van der Waals surface area contributed by atoms with Gasteiger partial charge in [-0.3, -0.25) is 0 Å². The van der Waals surface area contributed by atoms with Gasteiger partial charge in [-0.1, -0.05) is 46.3 Å². The van der Waals surface area contributed by atoms with Crippen molar-refractivity contribution < 1.29 is 14.3 Å². The lowest BCUT2D eigenvalue weighted by Gasteiger charge is -2.12. The molecule has 0 saturated heterocycles. The number of aryl methyl sites for hydroxylation is 1. The number of halogens is 1. The molecule has 3 aromatic rings. The molecule has 0 aliphatic heterocycles. The second kappa shape index (κ2) is 8.59. The van der Waals surface area contributed by atoms with Gasteiger partial charge in [-0.05, 0) is 47.2 Å². The Morgan fingerprint density at radius 1 is 1.22 bits per heavy atom. The second-order valence-electron chi connectivity index (χ2n) is 5.61. The predicted octanol–water partition coefficient (Wildman–Crippen LogP) is 3.49. The summed E-state index contributed by atoms with van der Waals surface area (Å²) in [6, 6.07) is 14.9. The molecule has 8 heteroatoms. The topological polar surface area (TPSA) is 79.1 Å². The van der Waals surface area contributed by atoms with Gasteiger partial charge in [0.05, 0.1) is 7.11 Å². The molecule has 0 unspecified atom stereocenters. The van der Waals surface area contributed by atoms with Gasteiger partial charge in [-0.25, -0.2) is 4.79 Å². The minimum absolute atomic E-state index is 0.0503. The van der Waals surface area contributed by atoms with Gasteiger partial charge >= 0.3 is 5.97 Å². The number of rotatable bonds is 6. The normalized spacial score (nSPS) is 11.3. The van der Waals surface area contributed by atoms with Crippen LogP contribution in [-0.4, -0.2) is 33.3 Å². The number of carbonyl (C=O) groups is 1. The standard InChI is InChI=1S/C19H17BrN4O3/c1-13-21-22-23-24(13)17(10-14-6-4-3-5-7-14)19(25)27-12-15-11-16(20)8-9-18(15)26-2/h3-11H,12H2,1-2H3/b17-10-. The van der Waals surface area contributed by atoms with Crippen LogP contribution in [0.4, 0.5) is 0 Å². The maximum atomic E-state index is 12.8. The molecule has 1 heterocycles. The monoisotopic (exact) mass is 428 g/mol. The van der Waals surface area contributed by atoms with Crippen LogP contribution in [0.15, 0.2) is 53.0 Å². The number of esters is 1. The van der Waals surface area contributed by atoms with Gasteiger partial charge in [0.1, 0.15) is 12.4 Å². The Hall–Kier alpha value is -3.00. The molecule has 1 aromatic heterocycles. The smallest absolute Gasteiger partial charge is 0.357 e. The predicted molar refractivity (Wildman–Crippen MR) is 104 cm³/mol. The molecule has 0 aliphatic carbocycles. The van der Waals surface area contributed by atoms with Crippen LogP contribution in [0.3, 0.4) is 0 Å². The van der Waals surface area contributed by atoms with E-state index in [0.29, 0.717) is 11.6 Å². The first-order chi connectivity index (χ1) is 13.1. The summed E-state index contributed by atoms with van der Waals surface area (Å²) in [6.45, 7) is 1.76. The maximum absolute atomic E-state index is 12.8. The van der Waals surface area contributed by atoms with Gasteiger partial charge in [0.15, 0.2) is 11.5 Å². The average molecular weight is 429 g/mol. The van der Waals surface area contributed by atoms with Crippen molar-refractivity contribution in [3.8, 4) is 5.75 Å². The van der Waals surface area contributed by atoms with Gasteiger partial charge < -0.3 is 9.47 Å². The number of aromatic nitrogens is 4. The van der Waals surface area contributed by atoms with Crippen LogP contribution in [0.5, 0.6) is 5.75 Å². The highest BCUT2D eigenvalue weighted by Gasteiger charge is 2.18. The summed E-state index contributed by atoms with van der Waals surface area (Å²) in [4.78, 5) is 12.8. The number of ether oxygens (including phenoxy) is 2. The number of tetrazole rings is 1. The molecule has 138 valence electrons. The fourth-order valence-corrected chi connectivity index (χ4v) is 2.85. The number of nitrogens with zero attached hydrogens (tertiary/aromatic N) is 4. The van der Waals surface area contributed by atoms with E-state index in [1.165, 1.54) is 4.68 Å². The molecule has 0 bridgehead atoms. The van der Waals surface area contributed by atoms with Gasteiger partial charge in [0.25, 0.3) is 0 Å². The molecular weight excluding hydrogens is 412 g/mol. The Balaban J connectivity index is 1.87. The van der Waals surface area contributed by atoms with Gasteiger partial charge in [0.2, 0.25) is 0 Å². The molecule has 0 radical (unpaired) electrons. The number of methoxy groups -OCH3 is 1. The molecule has 2 aromatic carbocycles. The highest BCUT2D eigenvalue weighted by atomic mass is 79.9. The van der Waals surface area contributed by atoms with Gasteiger partial charge in [0, 0.05) is 10.0 Å². The lowest BCUT2D eigenvalue weighted by molar-refractivity contribution is -0.138. The summed E-state index contributed by atoms with van der Waals surface area (Å²) < 4.78 is 13.1. The van der Waals surface area contributed by atoms with Crippen molar-refractivity contribution >= 4 is 33.7 Å². The fourth-order valence-electron chi connectivity index (χ4n) is 2.45. The largest absolute Gasteiger partial charge is 0.496 e.